The Morgan fingerprint density at radius 1 is 1.50 bits per heavy atom. The molecule has 7 heteroatoms. The zero-order valence-corrected chi connectivity index (χ0v) is 13.6. The smallest absolute Gasteiger partial charge is 0.258 e. The van der Waals surface area contributed by atoms with Gasteiger partial charge in [-0.05, 0) is 31.2 Å². The summed E-state index contributed by atoms with van der Waals surface area (Å²) in [6.07, 6.45) is 0.466. The van der Waals surface area contributed by atoms with Crippen LogP contribution in [0.15, 0.2) is 30.3 Å². The van der Waals surface area contributed by atoms with E-state index in [2.05, 4.69) is 10.4 Å². The summed E-state index contributed by atoms with van der Waals surface area (Å²) >= 11 is 7.75. The van der Waals surface area contributed by atoms with Crippen LogP contribution in [0, 0.1) is 6.92 Å². The van der Waals surface area contributed by atoms with Crippen LogP contribution in [0.25, 0.3) is 5.69 Å². The highest BCUT2D eigenvalue weighted by atomic mass is 35.5. The third-order valence-electron chi connectivity index (χ3n) is 3.63. The van der Waals surface area contributed by atoms with E-state index in [0.717, 1.165) is 17.1 Å². The van der Waals surface area contributed by atoms with E-state index in [1.165, 1.54) is 0 Å². The van der Waals surface area contributed by atoms with Crippen LogP contribution < -0.4 is 5.32 Å². The summed E-state index contributed by atoms with van der Waals surface area (Å²) < 4.78 is 1.67. The van der Waals surface area contributed by atoms with Crippen molar-refractivity contribution in [1.29, 1.82) is 0 Å². The Bertz CT molecular complexity index is 711. The largest absolute Gasteiger partial charge is 0.379 e. The number of hydrogen-bond donors (Lipinski definition) is 2. The van der Waals surface area contributed by atoms with Gasteiger partial charge < -0.3 is 10.4 Å². The average molecular weight is 338 g/mol. The van der Waals surface area contributed by atoms with Gasteiger partial charge in [0.25, 0.3) is 5.91 Å². The van der Waals surface area contributed by atoms with Gasteiger partial charge in [0.2, 0.25) is 0 Å². The number of rotatable bonds is 3. The highest BCUT2D eigenvalue weighted by Crippen LogP contribution is 2.29. The molecule has 1 aliphatic heterocycles. The molecule has 2 aromatic rings. The van der Waals surface area contributed by atoms with Crippen molar-refractivity contribution in [2.75, 3.05) is 16.8 Å². The molecule has 1 aromatic heterocycles. The second kappa shape index (κ2) is 5.95. The molecule has 0 saturated carbocycles. The number of carbonyl (C=O) groups is 1. The number of aromatic nitrogens is 2. The molecule has 0 radical (unpaired) electrons. The van der Waals surface area contributed by atoms with Gasteiger partial charge in [0.1, 0.15) is 0 Å². The van der Waals surface area contributed by atoms with Crippen molar-refractivity contribution in [2.45, 2.75) is 18.9 Å². The van der Waals surface area contributed by atoms with Crippen molar-refractivity contribution < 1.29 is 9.90 Å². The predicted molar refractivity (Wildman–Crippen MR) is 88.8 cm³/mol. The van der Waals surface area contributed by atoms with Crippen LogP contribution in [0.4, 0.5) is 5.82 Å². The van der Waals surface area contributed by atoms with E-state index < -0.39 is 11.5 Å². The van der Waals surface area contributed by atoms with Crippen LogP contribution >= 0.6 is 23.4 Å². The zero-order valence-electron chi connectivity index (χ0n) is 12.0. The van der Waals surface area contributed by atoms with E-state index in [9.17, 15) is 9.90 Å². The fourth-order valence-corrected chi connectivity index (χ4v) is 3.82. The normalized spacial score (nSPS) is 21.0. The molecule has 0 aliphatic carbocycles. The van der Waals surface area contributed by atoms with Gasteiger partial charge in [-0.25, -0.2) is 4.68 Å². The maximum Gasteiger partial charge on any atom is 0.258 e. The van der Waals surface area contributed by atoms with Gasteiger partial charge in [0.15, 0.2) is 11.4 Å². The summed E-state index contributed by atoms with van der Waals surface area (Å²) in [7, 11) is 0. The molecule has 22 heavy (non-hydrogen) atoms. The highest BCUT2D eigenvalue weighted by molar-refractivity contribution is 7.99. The van der Waals surface area contributed by atoms with Crippen LogP contribution in [0.5, 0.6) is 0 Å². The van der Waals surface area contributed by atoms with E-state index in [1.807, 2.05) is 25.1 Å². The summed E-state index contributed by atoms with van der Waals surface area (Å²) in [4.78, 5) is 12.2. The van der Waals surface area contributed by atoms with Crippen molar-refractivity contribution in [3.8, 4) is 5.69 Å². The minimum atomic E-state index is -1.30. The van der Waals surface area contributed by atoms with Gasteiger partial charge >= 0.3 is 0 Å². The molecule has 1 unspecified atom stereocenters. The molecule has 2 heterocycles. The molecular formula is C15H16ClN3O2S. The number of thioether (sulfide) groups is 1. The number of nitrogens with one attached hydrogen (secondary N) is 1. The third kappa shape index (κ3) is 2.86. The first kappa shape index (κ1) is 15.4. The van der Waals surface area contributed by atoms with Crippen LogP contribution in [0.1, 0.15) is 12.1 Å². The van der Waals surface area contributed by atoms with Crippen LogP contribution in [-0.2, 0) is 4.79 Å². The van der Waals surface area contributed by atoms with Crippen LogP contribution in [0.2, 0.25) is 5.02 Å². The van der Waals surface area contributed by atoms with E-state index >= 15 is 0 Å². The molecule has 116 valence electrons. The molecule has 1 amide bonds. The standard InChI is InChI=1S/C15H16ClN3O2S/c1-10-8-13(17-14(20)15(21)6-7-22-9-15)18-19(10)12-5-3-2-4-11(12)16/h2-5,8,21H,6-7,9H2,1H3,(H,17,18,20). The number of amides is 1. The molecule has 1 aromatic carbocycles. The molecule has 2 N–H and O–H groups in total. The Kier molecular flexibility index (Phi) is 4.16. The minimum absolute atomic E-state index is 0.402. The van der Waals surface area contributed by atoms with Gasteiger partial charge in [-0.3, -0.25) is 4.79 Å². The van der Waals surface area contributed by atoms with Gasteiger partial charge in [-0.15, -0.1) is 5.10 Å². The van der Waals surface area contributed by atoms with Crippen molar-refractivity contribution >= 4 is 35.1 Å². The van der Waals surface area contributed by atoms with Crippen LogP contribution in [-0.4, -0.2) is 37.9 Å². The number of anilines is 1. The number of benzene rings is 1. The SMILES string of the molecule is Cc1cc(NC(=O)C2(O)CCSC2)nn1-c1ccccc1Cl. The summed E-state index contributed by atoms with van der Waals surface area (Å²) in [6, 6.07) is 9.12. The minimum Gasteiger partial charge on any atom is -0.379 e. The Balaban J connectivity index is 1.84. The lowest BCUT2D eigenvalue weighted by atomic mass is 10.0. The average Bonchev–Trinajstić information content (AvgIpc) is 3.07. The van der Waals surface area contributed by atoms with E-state index in [0.29, 0.717) is 23.0 Å². The molecule has 1 saturated heterocycles. The Morgan fingerprint density at radius 2 is 2.27 bits per heavy atom. The molecule has 0 spiro atoms. The molecule has 1 atom stereocenters. The fraction of sp³-hybridized carbons (Fsp3) is 0.333. The van der Waals surface area contributed by atoms with E-state index in [4.69, 9.17) is 11.6 Å². The number of hydrogen-bond acceptors (Lipinski definition) is 4. The van der Waals surface area contributed by atoms with Crippen molar-refractivity contribution in [3.05, 3.63) is 41.0 Å². The maximum absolute atomic E-state index is 12.2. The van der Waals surface area contributed by atoms with Crippen molar-refractivity contribution in [2.24, 2.45) is 0 Å². The zero-order chi connectivity index (χ0) is 15.7. The number of nitrogens with zero attached hydrogens (tertiary/aromatic N) is 2. The molecule has 1 fully saturated rings. The summed E-state index contributed by atoms with van der Waals surface area (Å²) in [5.41, 5.74) is 0.292. The van der Waals surface area contributed by atoms with Crippen molar-refractivity contribution in [1.82, 2.24) is 9.78 Å². The fourth-order valence-electron chi connectivity index (χ4n) is 2.37. The molecule has 0 bridgehead atoms. The second-order valence-corrected chi connectivity index (χ2v) is 6.83. The first-order valence-corrected chi connectivity index (χ1v) is 8.46. The lowest BCUT2D eigenvalue weighted by Crippen LogP contribution is -2.42. The molecule has 1 aliphatic rings. The van der Waals surface area contributed by atoms with Crippen LogP contribution in [0.3, 0.4) is 0 Å². The summed E-state index contributed by atoms with van der Waals surface area (Å²) in [6.45, 7) is 1.88. The van der Waals surface area contributed by atoms with Gasteiger partial charge in [0, 0.05) is 17.5 Å². The molecule has 3 rings (SSSR count). The maximum atomic E-state index is 12.2. The van der Waals surface area contributed by atoms with Gasteiger partial charge in [-0.1, -0.05) is 23.7 Å². The predicted octanol–water partition coefficient (Wildman–Crippen LogP) is 2.64. The lowest BCUT2D eigenvalue weighted by molar-refractivity contribution is -0.131. The van der Waals surface area contributed by atoms with E-state index in [-0.39, 0.29) is 0 Å². The van der Waals surface area contributed by atoms with E-state index in [1.54, 1.807) is 28.6 Å². The van der Waals surface area contributed by atoms with Crippen molar-refractivity contribution in [3.63, 3.8) is 0 Å². The number of aliphatic hydroxyl groups is 1. The Morgan fingerprint density at radius 3 is 2.95 bits per heavy atom. The topological polar surface area (TPSA) is 67.2 Å². The number of halogens is 1. The van der Waals surface area contributed by atoms with Gasteiger partial charge in [-0.2, -0.15) is 11.8 Å². The summed E-state index contributed by atoms with van der Waals surface area (Å²) in [5, 5.41) is 17.9. The number of aryl methyl sites for hydroxylation is 1. The second-order valence-electron chi connectivity index (χ2n) is 5.32. The third-order valence-corrected chi connectivity index (χ3v) is 5.13. The number of carbonyl (C=O) groups excluding carboxylic acids is 1. The Labute approximate surface area is 137 Å². The first-order chi connectivity index (χ1) is 10.5. The molecule has 5 nitrogen and oxygen atoms in total. The quantitative estimate of drug-likeness (QED) is 0.903. The first-order valence-electron chi connectivity index (χ1n) is 6.93. The monoisotopic (exact) mass is 337 g/mol. The molecular weight excluding hydrogens is 322 g/mol. The summed E-state index contributed by atoms with van der Waals surface area (Å²) in [5.74, 6) is 1.22. The van der Waals surface area contributed by atoms with Gasteiger partial charge in [0.05, 0.1) is 10.7 Å². The number of para-hydroxylation sites is 1. The Hall–Kier alpha value is -1.50. The lowest BCUT2D eigenvalue weighted by Gasteiger charge is -2.19. The highest BCUT2D eigenvalue weighted by Gasteiger charge is 2.39.